The first kappa shape index (κ1) is 17.6. The fourth-order valence-electron chi connectivity index (χ4n) is 3.72. The van der Waals surface area contributed by atoms with Gasteiger partial charge in [0, 0.05) is 17.7 Å². The third-order valence-corrected chi connectivity index (χ3v) is 4.99. The van der Waals surface area contributed by atoms with Gasteiger partial charge in [0.05, 0.1) is 11.4 Å². The third-order valence-electron chi connectivity index (χ3n) is 4.99. The van der Waals surface area contributed by atoms with Crippen molar-refractivity contribution in [2.75, 3.05) is 11.9 Å². The van der Waals surface area contributed by atoms with E-state index in [2.05, 4.69) is 34.3 Å². The Hall–Kier alpha value is -3.48. The molecule has 0 bridgehead atoms. The molecular formula is C22H16F3N3O. The number of aromatic nitrogens is 2. The van der Waals surface area contributed by atoms with Crippen molar-refractivity contribution in [1.29, 1.82) is 0 Å². The van der Waals surface area contributed by atoms with Crippen LogP contribution in [0, 0.1) is 0 Å². The van der Waals surface area contributed by atoms with Gasteiger partial charge in [0.1, 0.15) is 11.6 Å². The van der Waals surface area contributed by atoms with E-state index in [0.717, 1.165) is 46.4 Å². The fourth-order valence-corrected chi connectivity index (χ4v) is 3.72. The number of hydrogen-bond acceptors (Lipinski definition) is 3. The lowest BCUT2D eigenvalue weighted by molar-refractivity contribution is -0.274. The van der Waals surface area contributed by atoms with Crippen molar-refractivity contribution < 1.29 is 17.9 Å². The first-order valence-electron chi connectivity index (χ1n) is 9.19. The minimum atomic E-state index is -4.71. The van der Waals surface area contributed by atoms with Crippen LogP contribution in [-0.2, 0) is 6.42 Å². The van der Waals surface area contributed by atoms with E-state index in [0.29, 0.717) is 5.69 Å². The van der Waals surface area contributed by atoms with E-state index in [-0.39, 0.29) is 5.75 Å². The fraction of sp³-hybridized carbons (Fsp3) is 0.136. The Bertz CT molecular complexity index is 1200. The molecule has 1 aromatic heterocycles. The highest BCUT2D eigenvalue weighted by Gasteiger charge is 2.31. The van der Waals surface area contributed by atoms with Crippen LogP contribution in [0.15, 0.2) is 66.7 Å². The molecule has 1 N–H and O–H groups in total. The standard InChI is InChI=1S/C22H16F3N3O/c23-22(24,25)29-18-9-7-17(8-10-18)28-21-19(11-12-26-21)20(27-28)16-6-5-14-3-1-2-4-15(14)13-16/h1-10,13,26H,11-12H2. The molecule has 0 atom stereocenters. The van der Waals surface area contributed by atoms with Crippen molar-refractivity contribution in [3.8, 4) is 22.7 Å². The van der Waals surface area contributed by atoms with Crippen LogP contribution < -0.4 is 10.1 Å². The molecule has 0 saturated heterocycles. The summed E-state index contributed by atoms with van der Waals surface area (Å²) in [4.78, 5) is 0. The molecule has 7 heteroatoms. The second kappa shape index (κ2) is 6.55. The molecule has 0 spiro atoms. The quantitative estimate of drug-likeness (QED) is 0.494. The Labute approximate surface area is 164 Å². The predicted octanol–water partition coefficient (Wildman–Crippen LogP) is 5.56. The van der Waals surface area contributed by atoms with Crippen molar-refractivity contribution in [3.05, 3.63) is 72.3 Å². The first-order chi connectivity index (χ1) is 14.0. The highest BCUT2D eigenvalue weighted by Crippen LogP contribution is 2.36. The van der Waals surface area contributed by atoms with E-state index >= 15 is 0 Å². The Morgan fingerprint density at radius 1 is 0.931 bits per heavy atom. The zero-order chi connectivity index (χ0) is 20.0. The summed E-state index contributed by atoms with van der Waals surface area (Å²) in [6.45, 7) is 0.795. The summed E-state index contributed by atoms with van der Waals surface area (Å²) in [5.74, 6) is 0.616. The van der Waals surface area contributed by atoms with Crippen LogP contribution in [-0.4, -0.2) is 22.7 Å². The van der Waals surface area contributed by atoms with Crippen LogP contribution in [0.4, 0.5) is 19.0 Å². The molecule has 0 aliphatic carbocycles. The minimum Gasteiger partial charge on any atom is -0.406 e. The summed E-state index contributed by atoms with van der Waals surface area (Å²) in [6.07, 6.45) is -3.87. The SMILES string of the molecule is FC(F)(F)Oc1ccc(-n2nc(-c3ccc4ccccc4c3)c3c2NCC3)cc1. The van der Waals surface area contributed by atoms with Crippen LogP contribution in [0.25, 0.3) is 27.7 Å². The van der Waals surface area contributed by atoms with Gasteiger partial charge in [0.15, 0.2) is 0 Å². The molecule has 0 radical (unpaired) electrons. The molecular weight excluding hydrogens is 379 g/mol. The van der Waals surface area contributed by atoms with Gasteiger partial charge in [0.25, 0.3) is 0 Å². The van der Waals surface area contributed by atoms with E-state index in [4.69, 9.17) is 5.10 Å². The monoisotopic (exact) mass is 395 g/mol. The van der Waals surface area contributed by atoms with Gasteiger partial charge in [-0.2, -0.15) is 5.10 Å². The normalized spacial score (nSPS) is 13.3. The van der Waals surface area contributed by atoms with Crippen molar-refractivity contribution in [2.24, 2.45) is 0 Å². The maximum atomic E-state index is 12.4. The van der Waals surface area contributed by atoms with Gasteiger partial charge in [0.2, 0.25) is 0 Å². The number of halogens is 3. The smallest absolute Gasteiger partial charge is 0.406 e. The second-order valence-electron chi connectivity index (χ2n) is 6.87. The van der Waals surface area contributed by atoms with E-state index in [1.54, 1.807) is 16.8 Å². The van der Waals surface area contributed by atoms with Crippen LogP contribution >= 0.6 is 0 Å². The number of nitrogens with one attached hydrogen (secondary N) is 1. The minimum absolute atomic E-state index is 0.257. The highest BCUT2D eigenvalue weighted by molar-refractivity contribution is 5.88. The molecule has 4 nitrogen and oxygen atoms in total. The molecule has 1 aliphatic heterocycles. The predicted molar refractivity (Wildman–Crippen MR) is 105 cm³/mol. The molecule has 0 amide bonds. The van der Waals surface area contributed by atoms with Gasteiger partial charge in [-0.1, -0.05) is 36.4 Å². The van der Waals surface area contributed by atoms with Crippen molar-refractivity contribution in [2.45, 2.75) is 12.8 Å². The lowest BCUT2D eigenvalue weighted by atomic mass is 10.0. The van der Waals surface area contributed by atoms with Crippen LogP contribution in [0.5, 0.6) is 5.75 Å². The molecule has 1 aliphatic rings. The number of anilines is 1. The van der Waals surface area contributed by atoms with E-state index in [1.165, 1.54) is 12.1 Å². The molecule has 0 saturated carbocycles. The van der Waals surface area contributed by atoms with E-state index in [1.807, 2.05) is 18.2 Å². The Morgan fingerprint density at radius 2 is 1.69 bits per heavy atom. The lowest BCUT2D eigenvalue weighted by Gasteiger charge is -2.10. The average molecular weight is 395 g/mol. The van der Waals surface area contributed by atoms with Gasteiger partial charge in [-0.15, -0.1) is 13.2 Å². The van der Waals surface area contributed by atoms with Gasteiger partial charge in [-0.3, -0.25) is 0 Å². The molecule has 2 heterocycles. The van der Waals surface area contributed by atoms with Gasteiger partial charge in [-0.25, -0.2) is 4.68 Å². The molecule has 3 aromatic carbocycles. The van der Waals surface area contributed by atoms with Gasteiger partial charge >= 0.3 is 6.36 Å². The Balaban J connectivity index is 1.55. The summed E-state index contributed by atoms with van der Waals surface area (Å²) in [6, 6.07) is 20.1. The summed E-state index contributed by atoms with van der Waals surface area (Å²) in [5, 5.41) is 10.4. The number of hydrogen-bond donors (Lipinski definition) is 1. The average Bonchev–Trinajstić information content (AvgIpc) is 3.30. The lowest BCUT2D eigenvalue weighted by Crippen LogP contribution is -2.17. The topological polar surface area (TPSA) is 39.1 Å². The zero-order valence-electron chi connectivity index (χ0n) is 15.2. The summed E-state index contributed by atoms with van der Waals surface area (Å²) in [5.41, 5.74) is 3.67. The molecule has 0 unspecified atom stereocenters. The summed E-state index contributed by atoms with van der Waals surface area (Å²) < 4.78 is 42.9. The second-order valence-corrected chi connectivity index (χ2v) is 6.87. The Morgan fingerprint density at radius 3 is 2.45 bits per heavy atom. The number of nitrogens with zero attached hydrogens (tertiary/aromatic N) is 2. The van der Waals surface area contributed by atoms with Gasteiger partial charge < -0.3 is 10.1 Å². The van der Waals surface area contributed by atoms with Crippen molar-refractivity contribution in [3.63, 3.8) is 0 Å². The van der Waals surface area contributed by atoms with Crippen LogP contribution in [0.3, 0.4) is 0 Å². The van der Waals surface area contributed by atoms with Crippen molar-refractivity contribution in [1.82, 2.24) is 9.78 Å². The third kappa shape index (κ3) is 3.29. The van der Waals surface area contributed by atoms with Crippen LogP contribution in [0.2, 0.25) is 0 Å². The molecule has 0 fully saturated rings. The number of rotatable bonds is 3. The first-order valence-corrected chi connectivity index (χ1v) is 9.19. The largest absolute Gasteiger partial charge is 0.573 e. The van der Waals surface area contributed by atoms with E-state index in [9.17, 15) is 13.2 Å². The number of ether oxygens (including phenoxy) is 1. The maximum absolute atomic E-state index is 12.4. The maximum Gasteiger partial charge on any atom is 0.573 e. The number of fused-ring (bicyclic) bond motifs is 2. The molecule has 146 valence electrons. The number of benzene rings is 3. The van der Waals surface area contributed by atoms with E-state index < -0.39 is 6.36 Å². The van der Waals surface area contributed by atoms with Crippen LogP contribution in [0.1, 0.15) is 5.56 Å². The molecule has 4 aromatic rings. The van der Waals surface area contributed by atoms with Gasteiger partial charge in [-0.05, 0) is 47.5 Å². The zero-order valence-corrected chi connectivity index (χ0v) is 15.2. The number of alkyl halides is 3. The van der Waals surface area contributed by atoms with Crippen molar-refractivity contribution >= 4 is 16.6 Å². The summed E-state index contributed by atoms with van der Waals surface area (Å²) >= 11 is 0. The molecule has 29 heavy (non-hydrogen) atoms. The Kier molecular flexibility index (Phi) is 3.97. The highest BCUT2D eigenvalue weighted by atomic mass is 19.4. The summed E-state index contributed by atoms with van der Waals surface area (Å²) in [7, 11) is 0. The molecule has 5 rings (SSSR count).